The van der Waals surface area contributed by atoms with Crippen molar-refractivity contribution in [3.8, 4) is 0 Å². The van der Waals surface area contributed by atoms with E-state index in [1.54, 1.807) is 4.68 Å². The molecule has 92 valence electrons. The van der Waals surface area contributed by atoms with Crippen LogP contribution in [0.5, 0.6) is 0 Å². The van der Waals surface area contributed by atoms with Crippen molar-refractivity contribution in [2.45, 2.75) is 32.1 Å². The van der Waals surface area contributed by atoms with Gasteiger partial charge < -0.3 is 5.11 Å². The van der Waals surface area contributed by atoms with E-state index in [1.165, 1.54) is 0 Å². The number of nitrogens with zero attached hydrogens (tertiary/aromatic N) is 3. The van der Waals surface area contributed by atoms with Crippen LogP contribution in [0.1, 0.15) is 37.3 Å². The maximum Gasteiger partial charge on any atom is 0.307 e. The van der Waals surface area contributed by atoms with Crippen molar-refractivity contribution in [2.75, 3.05) is 0 Å². The van der Waals surface area contributed by atoms with E-state index >= 15 is 0 Å². The molecule has 0 amide bonds. The SMILES string of the molecule is CCc1nc([C@@H]2CC=CC[C@@H]2C(=O)O)n(C)n1. The van der Waals surface area contributed by atoms with Crippen LogP contribution < -0.4 is 0 Å². The monoisotopic (exact) mass is 235 g/mol. The second kappa shape index (κ2) is 4.69. The number of carboxylic acids is 1. The van der Waals surface area contributed by atoms with E-state index in [1.807, 2.05) is 26.1 Å². The Morgan fingerprint density at radius 1 is 1.53 bits per heavy atom. The quantitative estimate of drug-likeness (QED) is 0.806. The fourth-order valence-corrected chi connectivity index (χ4v) is 2.30. The molecule has 0 saturated heterocycles. The highest BCUT2D eigenvalue weighted by Gasteiger charge is 2.33. The third-order valence-corrected chi connectivity index (χ3v) is 3.24. The maximum atomic E-state index is 11.2. The molecule has 1 aromatic heterocycles. The standard InChI is InChI=1S/C12H17N3O2/c1-3-10-13-11(15(2)14-10)8-6-4-5-7-9(8)12(16)17/h4-5,8-9H,3,6-7H2,1-2H3,(H,16,17)/t8-,9+/m1/s1. The molecule has 2 atom stereocenters. The summed E-state index contributed by atoms with van der Waals surface area (Å²) >= 11 is 0. The molecule has 17 heavy (non-hydrogen) atoms. The van der Waals surface area contributed by atoms with Gasteiger partial charge in [-0.25, -0.2) is 4.98 Å². The molecule has 0 fully saturated rings. The summed E-state index contributed by atoms with van der Waals surface area (Å²) in [4.78, 5) is 15.7. The number of aryl methyl sites for hydroxylation is 2. The molecule has 0 aromatic carbocycles. The second-order valence-electron chi connectivity index (χ2n) is 4.36. The van der Waals surface area contributed by atoms with Crippen LogP contribution in [0.2, 0.25) is 0 Å². The molecule has 1 heterocycles. The van der Waals surface area contributed by atoms with Gasteiger partial charge in [0.05, 0.1) is 5.92 Å². The summed E-state index contributed by atoms with van der Waals surface area (Å²) < 4.78 is 1.72. The molecule has 0 bridgehead atoms. The normalized spacial score (nSPS) is 23.9. The van der Waals surface area contributed by atoms with Crippen LogP contribution in [0, 0.1) is 5.92 Å². The largest absolute Gasteiger partial charge is 0.481 e. The van der Waals surface area contributed by atoms with Gasteiger partial charge in [0, 0.05) is 19.4 Å². The summed E-state index contributed by atoms with van der Waals surface area (Å²) in [5, 5.41) is 13.5. The second-order valence-corrected chi connectivity index (χ2v) is 4.36. The van der Waals surface area contributed by atoms with E-state index in [-0.39, 0.29) is 11.8 Å². The van der Waals surface area contributed by atoms with Crippen molar-refractivity contribution in [1.82, 2.24) is 14.8 Å². The third-order valence-electron chi connectivity index (χ3n) is 3.24. The van der Waals surface area contributed by atoms with Gasteiger partial charge in [0.1, 0.15) is 5.82 Å². The van der Waals surface area contributed by atoms with Gasteiger partial charge >= 0.3 is 5.97 Å². The summed E-state index contributed by atoms with van der Waals surface area (Å²) in [6.07, 6.45) is 6.05. The molecule has 5 heteroatoms. The number of carbonyl (C=O) groups is 1. The van der Waals surface area contributed by atoms with Crippen molar-refractivity contribution >= 4 is 5.97 Å². The Morgan fingerprint density at radius 3 is 2.82 bits per heavy atom. The van der Waals surface area contributed by atoms with Gasteiger partial charge in [-0.05, 0) is 12.8 Å². The number of allylic oxidation sites excluding steroid dienone is 2. The summed E-state index contributed by atoms with van der Waals surface area (Å²) in [5.74, 6) is 0.378. The van der Waals surface area contributed by atoms with Crippen LogP contribution in [0.3, 0.4) is 0 Å². The molecule has 1 aromatic rings. The predicted molar refractivity (Wildman–Crippen MR) is 62.6 cm³/mol. The van der Waals surface area contributed by atoms with Crippen molar-refractivity contribution in [3.05, 3.63) is 23.8 Å². The minimum atomic E-state index is -0.750. The van der Waals surface area contributed by atoms with Crippen LogP contribution in [0.15, 0.2) is 12.2 Å². The topological polar surface area (TPSA) is 68.0 Å². The van der Waals surface area contributed by atoms with Crippen LogP contribution >= 0.6 is 0 Å². The van der Waals surface area contributed by atoms with Crippen molar-refractivity contribution in [1.29, 1.82) is 0 Å². The molecule has 5 nitrogen and oxygen atoms in total. The molecule has 1 N–H and O–H groups in total. The van der Waals surface area contributed by atoms with Crippen LogP contribution in [-0.4, -0.2) is 25.8 Å². The lowest BCUT2D eigenvalue weighted by Crippen LogP contribution is -2.25. The van der Waals surface area contributed by atoms with E-state index < -0.39 is 5.97 Å². The van der Waals surface area contributed by atoms with Gasteiger partial charge in [0.15, 0.2) is 5.82 Å². The first-order valence-corrected chi connectivity index (χ1v) is 5.91. The van der Waals surface area contributed by atoms with E-state index in [0.29, 0.717) is 6.42 Å². The van der Waals surface area contributed by atoms with Crippen molar-refractivity contribution < 1.29 is 9.90 Å². The predicted octanol–water partition coefficient (Wildman–Crippen LogP) is 1.51. The van der Waals surface area contributed by atoms with Gasteiger partial charge in [0.2, 0.25) is 0 Å². The van der Waals surface area contributed by atoms with Crippen LogP contribution in [-0.2, 0) is 18.3 Å². The van der Waals surface area contributed by atoms with Gasteiger partial charge in [-0.3, -0.25) is 9.48 Å². The van der Waals surface area contributed by atoms with Crippen LogP contribution in [0.25, 0.3) is 0 Å². The lowest BCUT2D eigenvalue weighted by atomic mass is 9.82. The Balaban J connectivity index is 2.33. The first kappa shape index (κ1) is 11.8. The Hall–Kier alpha value is -1.65. The minimum absolute atomic E-state index is 0.0599. The molecule has 2 rings (SSSR count). The molecule has 0 radical (unpaired) electrons. The molecule has 0 saturated carbocycles. The fraction of sp³-hybridized carbons (Fsp3) is 0.583. The zero-order valence-corrected chi connectivity index (χ0v) is 10.1. The third kappa shape index (κ3) is 2.23. The van der Waals surface area contributed by atoms with Crippen LogP contribution in [0.4, 0.5) is 0 Å². The first-order valence-electron chi connectivity index (χ1n) is 5.91. The number of aliphatic carboxylic acids is 1. The van der Waals surface area contributed by atoms with E-state index in [0.717, 1.165) is 24.5 Å². The average molecular weight is 235 g/mol. The number of carboxylic acid groups (broad SMARTS) is 1. The highest BCUT2D eigenvalue weighted by molar-refractivity contribution is 5.71. The maximum absolute atomic E-state index is 11.2. The van der Waals surface area contributed by atoms with Crippen molar-refractivity contribution in [3.63, 3.8) is 0 Å². The molecule has 1 aliphatic rings. The van der Waals surface area contributed by atoms with E-state index in [9.17, 15) is 9.90 Å². The Kier molecular flexibility index (Phi) is 3.26. The zero-order chi connectivity index (χ0) is 12.4. The Bertz CT molecular complexity index is 451. The molecular weight excluding hydrogens is 218 g/mol. The number of hydrogen-bond donors (Lipinski definition) is 1. The highest BCUT2D eigenvalue weighted by Crippen LogP contribution is 2.33. The van der Waals surface area contributed by atoms with Gasteiger partial charge in [-0.1, -0.05) is 19.1 Å². The molecule has 0 spiro atoms. The fourth-order valence-electron chi connectivity index (χ4n) is 2.30. The van der Waals surface area contributed by atoms with Gasteiger partial charge in [-0.15, -0.1) is 0 Å². The molecule has 1 aliphatic carbocycles. The Morgan fingerprint density at radius 2 is 2.24 bits per heavy atom. The number of hydrogen-bond acceptors (Lipinski definition) is 3. The number of rotatable bonds is 3. The molecule has 0 aliphatic heterocycles. The molecular formula is C12H17N3O2. The summed E-state index contributed by atoms with van der Waals surface area (Å²) in [7, 11) is 1.83. The van der Waals surface area contributed by atoms with Gasteiger partial charge in [-0.2, -0.15) is 5.10 Å². The smallest absolute Gasteiger partial charge is 0.307 e. The average Bonchev–Trinajstić information content (AvgIpc) is 2.70. The lowest BCUT2D eigenvalue weighted by Gasteiger charge is -2.23. The number of aromatic nitrogens is 3. The van der Waals surface area contributed by atoms with Gasteiger partial charge in [0.25, 0.3) is 0 Å². The van der Waals surface area contributed by atoms with E-state index in [4.69, 9.17) is 0 Å². The zero-order valence-electron chi connectivity index (χ0n) is 10.1. The Labute approximate surface area is 100 Å². The van der Waals surface area contributed by atoms with Crippen molar-refractivity contribution in [2.24, 2.45) is 13.0 Å². The lowest BCUT2D eigenvalue weighted by molar-refractivity contribution is -0.142. The minimum Gasteiger partial charge on any atom is -0.481 e. The first-order chi connectivity index (χ1) is 8.13. The van der Waals surface area contributed by atoms with E-state index in [2.05, 4.69) is 10.1 Å². The summed E-state index contributed by atoms with van der Waals surface area (Å²) in [6, 6.07) is 0. The summed E-state index contributed by atoms with van der Waals surface area (Å²) in [6.45, 7) is 1.99. The highest BCUT2D eigenvalue weighted by atomic mass is 16.4. The summed E-state index contributed by atoms with van der Waals surface area (Å²) in [5.41, 5.74) is 0. The molecule has 0 unspecified atom stereocenters.